The van der Waals surface area contributed by atoms with E-state index in [0.717, 1.165) is 6.07 Å². The highest BCUT2D eigenvalue weighted by atomic mass is 35.5. The lowest BCUT2D eigenvalue weighted by Crippen LogP contribution is -2.34. The van der Waals surface area contributed by atoms with Crippen molar-refractivity contribution in [2.24, 2.45) is 0 Å². The molecule has 0 aliphatic heterocycles. The predicted octanol–water partition coefficient (Wildman–Crippen LogP) is 2.50. The van der Waals surface area contributed by atoms with Crippen LogP contribution < -0.4 is 10.0 Å². The van der Waals surface area contributed by atoms with Crippen LogP contribution in [0.2, 0.25) is 5.02 Å². The second kappa shape index (κ2) is 7.74. The largest absolute Gasteiger partial charge is 0.351 e. The number of carbonyl (C=O) groups is 1. The molecule has 0 unspecified atom stereocenters. The molecule has 1 amide bonds. The van der Waals surface area contributed by atoms with E-state index in [1.165, 1.54) is 30.3 Å². The van der Waals surface area contributed by atoms with E-state index in [9.17, 15) is 17.6 Å². The van der Waals surface area contributed by atoms with Crippen LogP contribution in [0.25, 0.3) is 0 Å². The van der Waals surface area contributed by atoms with Crippen LogP contribution in [0.15, 0.2) is 47.4 Å². The fraction of sp³-hybridized carbons (Fsp3) is 0.188. The third-order valence-corrected chi connectivity index (χ3v) is 4.94. The second-order valence-electron chi connectivity index (χ2n) is 5.08. The van der Waals surface area contributed by atoms with Crippen molar-refractivity contribution in [2.75, 3.05) is 13.1 Å². The van der Waals surface area contributed by atoms with Crippen molar-refractivity contribution in [1.82, 2.24) is 10.0 Å². The van der Waals surface area contributed by atoms with Gasteiger partial charge in [-0.15, -0.1) is 0 Å². The number of hydrogen-bond acceptors (Lipinski definition) is 3. The number of rotatable bonds is 6. The van der Waals surface area contributed by atoms with Crippen molar-refractivity contribution in [3.8, 4) is 0 Å². The molecule has 0 aliphatic carbocycles. The molecule has 24 heavy (non-hydrogen) atoms. The highest BCUT2D eigenvalue weighted by molar-refractivity contribution is 7.89. The van der Waals surface area contributed by atoms with Crippen LogP contribution in [0.3, 0.4) is 0 Å². The lowest BCUT2D eigenvalue weighted by molar-refractivity contribution is 0.0954. The smallest absolute Gasteiger partial charge is 0.251 e. The first-order valence-corrected chi connectivity index (χ1v) is 8.95. The molecule has 2 aromatic carbocycles. The maximum atomic E-state index is 13.4. The Morgan fingerprint density at radius 1 is 1.17 bits per heavy atom. The topological polar surface area (TPSA) is 75.3 Å². The molecule has 8 heteroatoms. The predicted molar refractivity (Wildman–Crippen MR) is 90.1 cm³/mol. The summed E-state index contributed by atoms with van der Waals surface area (Å²) in [6.45, 7) is 1.66. The first-order chi connectivity index (χ1) is 11.3. The number of halogens is 2. The SMILES string of the molecule is Cc1ccc(C(=O)NCCNS(=O)(=O)c2cccc(Cl)c2)cc1F. The van der Waals surface area contributed by atoms with Gasteiger partial charge in [0, 0.05) is 23.7 Å². The fourth-order valence-electron chi connectivity index (χ4n) is 1.92. The summed E-state index contributed by atoms with van der Waals surface area (Å²) in [5, 5.41) is 2.84. The van der Waals surface area contributed by atoms with E-state index >= 15 is 0 Å². The molecule has 0 fully saturated rings. The van der Waals surface area contributed by atoms with Crippen molar-refractivity contribution >= 4 is 27.5 Å². The minimum atomic E-state index is -3.70. The van der Waals surface area contributed by atoms with Gasteiger partial charge in [0.2, 0.25) is 10.0 Å². The number of benzene rings is 2. The highest BCUT2D eigenvalue weighted by Crippen LogP contribution is 2.14. The van der Waals surface area contributed by atoms with Crippen LogP contribution in [0.5, 0.6) is 0 Å². The Hall–Kier alpha value is -1.96. The van der Waals surface area contributed by atoms with Crippen LogP contribution in [0, 0.1) is 12.7 Å². The zero-order valence-electron chi connectivity index (χ0n) is 12.8. The molecule has 0 saturated carbocycles. The van der Waals surface area contributed by atoms with Gasteiger partial charge in [-0.25, -0.2) is 17.5 Å². The molecule has 0 bridgehead atoms. The molecule has 0 spiro atoms. The van der Waals surface area contributed by atoms with E-state index in [1.807, 2.05) is 0 Å². The number of aryl methyl sites for hydroxylation is 1. The maximum Gasteiger partial charge on any atom is 0.251 e. The summed E-state index contributed by atoms with van der Waals surface area (Å²) in [7, 11) is -3.70. The van der Waals surface area contributed by atoms with Gasteiger partial charge in [0.05, 0.1) is 4.90 Å². The summed E-state index contributed by atoms with van der Waals surface area (Å²) in [6, 6.07) is 10.0. The van der Waals surface area contributed by atoms with Crippen LogP contribution in [0.4, 0.5) is 4.39 Å². The average molecular weight is 371 g/mol. The summed E-state index contributed by atoms with van der Waals surface area (Å²) in [5.41, 5.74) is 0.622. The average Bonchev–Trinajstić information content (AvgIpc) is 2.54. The summed E-state index contributed by atoms with van der Waals surface area (Å²) >= 11 is 5.77. The Bertz CT molecular complexity index is 856. The lowest BCUT2D eigenvalue weighted by atomic mass is 10.1. The molecule has 2 aromatic rings. The van der Waals surface area contributed by atoms with Gasteiger partial charge in [-0.2, -0.15) is 0 Å². The van der Waals surface area contributed by atoms with Gasteiger partial charge in [0.1, 0.15) is 5.82 Å². The molecule has 128 valence electrons. The van der Waals surface area contributed by atoms with E-state index in [2.05, 4.69) is 10.0 Å². The van der Waals surface area contributed by atoms with Gasteiger partial charge >= 0.3 is 0 Å². The standard InChI is InChI=1S/C16H16ClFN2O3S/c1-11-5-6-12(9-15(11)18)16(21)19-7-8-20-24(22,23)14-4-2-3-13(17)10-14/h2-6,9-10,20H,7-8H2,1H3,(H,19,21). The quantitative estimate of drug-likeness (QED) is 0.767. The van der Waals surface area contributed by atoms with E-state index in [0.29, 0.717) is 10.6 Å². The molecule has 2 N–H and O–H groups in total. The van der Waals surface area contributed by atoms with Crippen molar-refractivity contribution in [1.29, 1.82) is 0 Å². The Balaban J connectivity index is 1.88. The van der Waals surface area contributed by atoms with E-state index < -0.39 is 21.7 Å². The molecule has 0 saturated heterocycles. The van der Waals surface area contributed by atoms with Gasteiger partial charge in [0.25, 0.3) is 5.91 Å². The molecular formula is C16H16ClFN2O3S. The Morgan fingerprint density at radius 3 is 2.58 bits per heavy atom. The number of sulfonamides is 1. The number of amides is 1. The monoisotopic (exact) mass is 370 g/mol. The molecule has 0 heterocycles. The van der Waals surface area contributed by atoms with Gasteiger partial charge < -0.3 is 5.32 Å². The van der Waals surface area contributed by atoms with E-state index in [4.69, 9.17) is 11.6 Å². The molecule has 5 nitrogen and oxygen atoms in total. The first kappa shape index (κ1) is 18.4. The van der Waals surface area contributed by atoms with Crippen molar-refractivity contribution in [3.05, 3.63) is 64.4 Å². The summed E-state index contributed by atoms with van der Waals surface area (Å²) < 4.78 is 39.9. The van der Waals surface area contributed by atoms with E-state index in [-0.39, 0.29) is 23.5 Å². The highest BCUT2D eigenvalue weighted by Gasteiger charge is 2.14. The minimum absolute atomic E-state index is 0.00503. The molecule has 0 aliphatic rings. The Kier molecular flexibility index (Phi) is 5.93. The van der Waals surface area contributed by atoms with Gasteiger partial charge in [-0.05, 0) is 42.8 Å². The molecular weight excluding hydrogens is 355 g/mol. The fourth-order valence-corrected chi connectivity index (χ4v) is 3.25. The van der Waals surface area contributed by atoms with Gasteiger partial charge in [-0.1, -0.05) is 23.7 Å². The summed E-state index contributed by atoms with van der Waals surface area (Å²) in [4.78, 5) is 11.9. The minimum Gasteiger partial charge on any atom is -0.351 e. The van der Waals surface area contributed by atoms with Crippen molar-refractivity contribution in [3.63, 3.8) is 0 Å². The number of hydrogen-bond donors (Lipinski definition) is 2. The molecule has 0 radical (unpaired) electrons. The van der Waals surface area contributed by atoms with Gasteiger partial charge in [0.15, 0.2) is 0 Å². The Morgan fingerprint density at radius 2 is 1.92 bits per heavy atom. The van der Waals surface area contributed by atoms with Gasteiger partial charge in [-0.3, -0.25) is 4.79 Å². The second-order valence-corrected chi connectivity index (χ2v) is 7.28. The maximum absolute atomic E-state index is 13.4. The Labute approximate surface area is 144 Å². The lowest BCUT2D eigenvalue weighted by Gasteiger charge is -2.09. The number of nitrogens with one attached hydrogen (secondary N) is 2. The van der Waals surface area contributed by atoms with Crippen LogP contribution in [0.1, 0.15) is 15.9 Å². The zero-order valence-corrected chi connectivity index (χ0v) is 14.4. The van der Waals surface area contributed by atoms with Crippen molar-refractivity contribution < 1.29 is 17.6 Å². The third-order valence-electron chi connectivity index (χ3n) is 3.24. The normalized spacial score (nSPS) is 11.3. The van der Waals surface area contributed by atoms with Crippen LogP contribution in [-0.2, 0) is 10.0 Å². The molecule has 2 rings (SSSR count). The summed E-state index contributed by atoms with van der Waals surface area (Å²) in [5.74, 6) is -0.944. The number of carbonyl (C=O) groups excluding carboxylic acids is 1. The van der Waals surface area contributed by atoms with Crippen LogP contribution >= 0.6 is 11.6 Å². The van der Waals surface area contributed by atoms with E-state index in [1.54, 1.807) is 13.0 Å². The molecule has 0 aromatic heterocycles. The first-order valence-electron chi connectivity index (χ1n) is 7.09. The third kappa shape index (κ3) is 4.77. The van der Waals surface area contributed by atoms with Crippen molar-refractivity contribution in [2.45, 2.75) is 11.8 Å². The summed E-state index contributed by atoms with van der Waals surface area (Å²) in [6.07, 6.45) is 0. The zero-order chi connectivity index (χ0) is 17.7. The van der Waals surface area contributed by atoms with Crippen LogP contribution in [-0.4, -0.2) is 27.4 Å². The molecule has 0 atom stereocenters.